The second-order valence-electron chi connectivity index (χ2n) is 9.04. The monoisotopic (exact) mass is 440 g/mol. The largest absolute Gasteiger partial charge is 0.380 e. The number of aryl methyl sites for hydroxylation is 1. The molecule has 0 radical (unpaired) electrons. The molecule has 1 aromatic heterocycles. The van der Waals surface area contributed by atoms with Gasteiger partial charge in [-0.05, 0) is 73.4 Å². The Labute approximate surface area is 186 Å². The number of aliphatic hydroxyl groups is 2. The number of carbonyl (C=O) groups excluding carboxylic acids is 1. The number of methoxy groups -OCH3 is 1. The third kappa shape index (κ3) is 3.45. The number of aliphatic hydroxyl groups excluding tert-OH is 1. The normalized spacial score (nSPS) is 22.4. The van der Waals surface area contributed by atoms with Crippen molar-refractivity contribution in [1.29, 1.82) is 0 Å². The fraction of sp³-hybridized carbons (Fsp3) is 0.440. The average Bonchev–Trinajstić information content (AvgIpc) is 2.75. The van der Waals surface area contributed by atoms with E-state index in [1.54, 1.807) is 6.08 Å². The van der Waals surface area contributed by atoms with Crippen molar-refractivity contribution in [2.75, 3.05) is 13.7 Å². The summed E-state index contributed by atoms with van der Waals surface area (Å²) in [6, 6.07) is 1.47. The fourth-order valence-corrected chi connectivity index (χ4v) is 5.03. The molecule has 7 heteroatoms. The van der Waals surface area contributed by atoms with Crippen LogP contribution in [0.1, 0.15) is 54.1 Å². The first-order valence-corrected chi connectivity index (χ1v) is 10.8. The predicted octanol–water partition coefficient (Wildman–Crippen LogP) is 3.20. The standard InChI is InChI=1S/C25H29FN2O4/c1-12-6-7-15-13(2)18(26)9-19-22(15)21(12)14(3)23(27-19)20-8-17(25(4,31)11-29)16(10-32-5)24(30)28-20/h8-9,11-12,24,28,30-31H,6-7,10H2,1-5H3/t12-,24?,25+/m0/s1. The van der Waals surface area contributed by atoms with Crippen LogP contribution < -0.4 is 5.32 Å². The number of rotatable bonds is 5. The molecular weight excluding hydrogens is 411 g/mol. The number of nitrogens with one attached hydrogen (secondary N) is 1. The number of hydrogen-bond acceptors (Lipinski definition) is 6. The number of halogens is 1. The number of nitrogens with zero attached hydrogens (tertiary/aromatic N) is 1. The van der Waals surface area contributed by atoms with Crippen LogP contribution in [-0.2, 0) is 16.0 Å². The van der Waals surface area contributed by atoms with Gasteiger partial charge in [0.15, 0.2) is 6.29 Å². The maximum Gasteiger partial charge on any atom is 0.155 e. The Kier molecular flexibility index (Phi) is 5.69. The van der Waals surface area contributed by atoms with Crippen molar-refractivity contribution in [3.8, 4) is 0 Å². The molecule has 2 aliphatic rings. The van der Waals surface area contributed by atoms with Crippen molar-refractivity contribution in [2.24, 2.45) is 0 Å². The van der Waals surface area contributed by atoms with E-state index in [0.29, 0.717) is 34.3 Å². The molecule has 32 heavy (non-hydrogen) atoms. The third-order valence-corrected chi connectivity index (χ3v) is 6.80. The molecule has 1 aromatic carbocycles. The molecule has 1 aliphatic heterocycles. The lowest BCUT2D eigenvalue weighted by Gasteiger charge is -2.33. The first-order valence-electron chi connectivity index (χ1n) is 10.8. The molecular formula is C25H29FN2O4. The Morgan fingerprint density at radius 2 is 2.09 bits per heavy atom. The van der Waals surface area contributed by atoms with Crippen molar-refractivity contribution in [1.82, 2.24) is 10.3 Å². The lowest BCUT2D eigenvalue weighted by molar-refractivity contribution is -0.119. The summed E-state index contributed by atoms with van der Waals surface area (Å²) in [6.07, 6.45) is 2.61. The Bertz CT molecular complexity index is 1180. The highest BCUT2D eigenvalue weighted by molar-refractivity contribution is 5.92. The lowest BCUT2D eigenvalue weighted by Crippen LogP contribution is -2.41. The van der Waals surface area contributed by atoms with E-state index in [0.717, 1.165) is 34.9 Å². The molecule has 1 aliphatic carbocycles. The number of dihydropyridines is 1. The molecule has 0 fully saturated rings. The molecule has 1 unspecified atom stereocenters. The van der Waals surface area contributed by atoms with Crippen LogP contribution in [0.2, 0.25) is 0 Å². The first-order chi connectivity index (χ1) is 15.1. The van der Waals surface area contributed by atoms with Crippen LogP contribution in [0, 0.1) is 19.7 Å². The minimum absolute atomic E-state index is 0.0392. The zero-order chi connectivity index (χ0) is 23.4. The molecule has 0 saturated carbocycles. The van der Waals surface area contributed by atoms with Gasteiger partial charge in [0.2, 0.25) is 0 Å². The number of aldehydes is 1. The first kappa shape index (κ1) is 22.6. The van der Waals surface area contributed by atoms with Gasteiger partial charge in [-0.1, -0.05) is 6.92 Å². The van der Waals surface area contributed by atoms with E-state index in [4.69, 9.17) is 9.72 Å². The van der Waals surface area contributed by atoms with E-state index in [2.05, 4.69) is 12.2 Å². The highest BCUT2D eigenvalue weighted by Gasteiger charge is 2.34. The molecule has 6 nitrogen and oxygen atoms in total. The molecule has 2 aromatic rings. The maximum absolute atomic E-state index is 14.7. The Morgan fingerprint density at radius 3 is 2.75 bits per heavy atom. The van der Waals surface area contributed by atoms with Gasteiger partial charge < -0.3 is 20.3 Å². The molecule has 0 saturated heterocycles. The summed E-state index contributed by atoms with van der Waals surface area (Å²) in [7, 11) is 1.47. The van der Waals surface area contributed by atoms with Crippen molar-refractivity contribution in [2.45, 2.75) is 58.3 Å². The minimum Gasteiger partial charge on any atom is -0.380 e. The number of benzene rings is 1. The maximum atomic E-state index is 14.7. The number of ether oxygens (including phenoxy) is 1. The molecule has 0 amide bonds. The van der Waals surface area contributed by atoms with Crippen LogP contribution in [-0.4, -0.2) is 47.0 Å². The van der Waals surface area contributed by atoms with Gasteiger partial charge in [0.1, 0.15) is 17.6 Å². The fourth-order valence-electron chi connectivity index (χ4n) is 5.03. The second kappa shape index (κ2) is 8.06. The summed E-state index contributed by atoms with van der Waals surface area (Å²) in [5.74, 6) is -0.0179. The lowest BCUT2D eigenvalue weighted by atomic mass is 9.78. The molecule has 0 spiro atoms. The van der Waals surface area contributed by atoms with E-state index >= 15 is 0 Å². The number of hydrogen-bond donors (Lipinski definition) is 3. The molecule has 170 valence electrons. The van der Waals surface area contributed by atoms with Gasteiger partial charge in [0.25, 0.3) is 0 Å². The van der Waals surface area contributed by atoms with Gasteiger partial charge in [-0.25, -0.2) is 9.37 Å². The van der Waals surface area contributed by atoms with Crippen LogP contribution in [0.15, 0.2) is 23.3 Å². The van der Waals surface area contributed by atoms with Gasteiger partial charge in [0, 0.05) is 24.1 Å². The topological polar surface area (TPSA) is 91.7 Å². The zero-order valence-electron chi connectivity index (χ0n) is 19.0. The smallest absolute Gasteiger partial charge is 0.155 e. The van der Waals surface area contributed by atoms with Crippen molar-refractivity contribution < 1.29 is 24.1 Å². The highest BCUT2D eigenvalue weighted by Crippen LogP contribution is 2.42. The number of aromatic nitrogens is 1. The molecule has 4 rings (SSSR count). The van der Waals surface area contributed by atoms with E-state index in [9.17, 15) is 19.4 Å². The van der Waals surface area contributed by atoms with Gasteiger partial charge in [-0.15, -0.1) is 0 Å². The quantitative estimate of drug-likeness (QED) is 0.619. The Morgan fingerprint density at radius 1 is 1.38 bits per heavy atom. The summed E-state index contributed by atoms with van der Waals surface area (Å²) in [5, 5.41) is 25.5. The van der Waals surface area contributed by atoms with Crippen LogP contribution in [0.5, 0.6) is 0 Å². The molecule has 3 N–H and O–H groups in total. The van der Waals surface area contributed by atoms with Gasteiger partial charge in [-0.3, -0.25) is 4.79 Å². The van der Waals surface area contributed by atoms with Crippen LogP contribution in [0.3, 0.4) is 0 Å². The predicted molar refractivity (Wildman–Crippen MR) is 121 cm³/mol. The average molecular weight is 441 g/mol. The van der Waals surface area contributed by atoms with Crippen molar-refractivity contribution in [3.05, 3.63) is 57.1 Å². The van der Waals surface area contributed by atoms with E-state index in [1.165, 1.54) is 20.1 Å². The molecule has 2 heterocycles. The van der Waals surface area contributed by atoms with E-state index < -0.39 is 11.8 Å². The summed E-state index contributed by atoms with van der Waals surface area (Å²) in [6.45, 7) is 7.35. The van der Waals surface area contributed by atoms with Gasteiger partial charge in [-0.2, -0.15) is 0 Å². The SMILES string of the molecule is COCC1=C([C@](C)(O)C=O)C=C(c2nc3cc(F)c(C)c4c3c(c2C)[C@@H](C)CC4)NC1O. The molecule has 3 atom stereocenters. The summed E-state index contributed by atoms with van der Waals surface area (Å²) < 4.78 is 19.9. The second-order valence-corrected chi connectivity index (χ2v) is 9.04. The zero-order valence-corrected chi connectivity index (χ0v) is 19.0. The van der Waals surface area contributed by atoms with E-state index in [1.807, 2.05) is 13.8 Å². The Hall–Kier alpha value is -2.61. The molecule has 0 bridgehead atoms. The van der Waals surface area contributed by atoms with Crippen LogP contribution in [0.4, 0.5) is 4.39 Å². The van der Waals surface area contributed by atoms with Gasteiger partial charge in [0.05, 0.1) is 23.5 Å². The van der Waals surface area contributed by atoms with Gasteiger partial charge >= 0.3 is 0 Å². The van der Waals surface area contributed by atoms with Crippen molar-refractivity contribution in [3.63, 3.8) is 0 Å². The van der Waals surface area contributed by atoms with E-state index in [-0.39, 0.29) is 23.9 Å². The van der Waals surface area contributed by atoms with Crippen LogP contribution >= 0.6 is 0 Å². The Balaban J connectivity index is 2.00. The number of carbonyl (C=O) groups is 1. The third-order valence-electron chi connectivity index (χ3n) is 6.80. The summed E-state index contributed by atoms with van der Waals surface area (Å²) >= 11 is 0. The summed E-state index contributed by atoms with van der Waals surface area (Å²) in [5.41, 5.74) is 4.14. The number of pyridine rings is 1. The highest BCUT2D eigenvalue weighted by atomic mass is 19.1. The van der Waals surface area contributed by atoms with Crippen LogP contribution in [0.25, 0.3) is 16.6 Å². The van der Waals surface area contributed by atoms with Crippen molar-refractivity contribution >= 4 is 22.9 Å². The summed E-state index contributed by atoms with van der Waals surface area (Å²) in [4.78, 5) is 16.4. The minimum atomic E-state index is -1.81.